The highest BCUT2D eigenvalue weighted by atomic mass is 16.4. The Labute approximate surface area is 79.0 Å². The zero-order chi connectivity index (χ0) is 9.97. The largest absolute Gasteiger partial charge is 0.478 e. The Balaban J connectivity index is 2.36. The molecule has 0 atom stereocenters. The number of carbonyl (C=O) groups is 1. The second-order valence-corrected chi connectivity index (χ2v) is 2.57. The summed E-state index contributed by atoms with van der Waals surface area (Å²) in [6.45, 7) is 0. The van der Waals surface area contributed by atoms with E-state index in [1.165, 1.54) is 24.7 Å². The number of pyridine rings is 1. The monoisotopic (exact) mass is 190 g/mol. The molecule has 1 N–H and O–H groups in total. The summed E-state index contributed by atoms with van der Waals surface area (Å²) in [5.41, 5.74) is 0.653. The van der Waals surface area contributed by atoms with Crippen LogP contribution >= 0.6 is 0 Å². The summed E-state index contributed by atoms with van der Waals surface area (Å²) in [4.78, 5) is 18.3. The Morgan fingerprint density at radius 1 is 1.36 bits per heavy atom. The number of carboxylic acids is 1. The van der Waals surface area contributed by atoms with Gasteiger partial charge in [-0.15, -0.1) is 0 Å². The molecule has 0 unspecified atom stereocenters. The van der Waals surface area contributed by atoms with Crippen LogP contribution in [-0.4, -0.2) is 21.0 Å². The van der Waals surface area contributed by atoms with Crippen molar-refractivity contribution in [3.8, 4) is 11.6 Å². The summed E-state index contributed by atoms with van der Waals surface area (Å²) in [5.74, 6) is -0.626. The van der Waals surface area contributed by atoms with Gasteiger partial charge in [0.05, 0.1) is 11.8 Å². The maximum atomic E-state index is 10.5. The zero-order valence-electron chi connectivity index (χ0n) is 7.04. The maximum absolute atomic E-state index is 10.5. The van der Waals surface area contributed by atoms with Gasteiger partial charge in [0.2, 0.25) is 5.89 Å². The first-order valence-electron chi connectivity index (χ1n) is 3.86. The number of hydrogen-bond donors (Lipinski definition) is 1. The molecule has 70 valence electrons. The highest BCUT2D eigenvalue weighted by Gasteiger charge is 2.06. The first-order chi connectivity index (χ1) is 6.77. The van der Waals surface area contributed by atoms with Gasteiger partial charge in [0.25, 0.3) is 0 Å². The van der Waals surface area contributed by atoms with Gasteiger partial charge in [-0.2, -0.15) is 0 Å². The Hall–Kier alpha value is -2.17. The molecule has 0 bridgehead atoms. The third-order valence-electron chi connectivity index (χ3n) is 1.66. The standard InChI is InChI=1S/C9H6N2O3/c12-9(13)6-1-2-7(11-5-6)8-10-3-4-14-8/h1-5H,(H,12,13). The minimum atomic E-state index is -1.00. The average Bonchev–Trinajstić information content (AvgIpc) is 2.71. The third-order valence-corrected chi connectivity index (χ3v) is 1.66. The van der Waals surface area contributed by atoms with Crippen molar-refractivity contribution in [1.29, 1.82) is 0 Å². The Bertz CT molecular complexity index is 434. The average molecular weight is 190 g/mol. The van der Waals surface area contributed by atoms with E-state index in [0.717, 1.165) is 0 Å². The van der Waals surface area contributed by atoms with Gasteiger partial charge >= 0.3 is 5.97 Å². The second-order valence-electron chi connectivity index (χ2n) is 2.57. The molecule has 0 saturated carbocycles. The molecule has 2 aromatic heterocycles. The second kappa shape index (κ2) is 3.29. The first kappa shape index (κ1) is 8.43. The molecule has 5 nitrogen and oxygen atoms in total. The van der Waals surface area contributed by atoms with Crippen LogP contribution in [0.3, 0.4) is 0 Å². The van der Waals surface area contributed by atoms with Gasteiger partial charge in [-0.05, 0) is 12.1 Å². The Morgan fingerprint density at radius 2 is 2.21 bits per heavy atom. The summed E-state index contributed by atoms with van der Waals surface area (Å²) in [5, 5.41) is 8.63. The van der Waals surface area contributed by atoms with Crippen LogP contribution in [-0.2, 0) is 0 Å². The van der Waals surface area contributed by atoms with Gasteiger partial charge in [0, 0.05) is 6.20 Å². The van der Waals surface area contributed by atoms with Gasteiger partial charge < -0.3 is 9.52 Å². The normalized spacial score (nSPS) is 10.0. The molecule has 0 aliphatic heterocycles. The highest BCUT2D eigenvalue weighted by Crippen LogP contribution is 2.13. The lowest BCUT2D eigenvalue weighted by Crippen LogP contribution is -1.96. The van der Waals surface area contributed by atoms with Crippen LogP contribution in [0.4, 0.5) is 0 Å². The minimum Gasteiger partial charge on any atom is -0.478 e. The Morgan fingerprint density at radius 3 is 2.71 bits per heavy atom. The SMILES string of the molecule is O=C(O)c1ccc(-c2ncco2)nc1. The number of hydrogen-bond acceptors (Lipinski definition) is 4. The van der Waals surface area contributed by atoms with E-state index in [9.17, 15) is 4.79 Å². The lowest BCUT2D eigenvalue weighted by Gasteiger charge is -1.95. The molecule has 0 radical (unpaired) electrons. The number of oxazole rings is 1. The molecule has 0 amide bonds. The smallest absolute Gasteiger partial charge is 0.337 e. The molecule has 0 fully saturated rings. The molecular formula is C9H6N2O3. The molecular weight excluding hydrogens is 184 g/mol. The van der Waals surface area contributed by atoms with E-state index in [0.29, 0.717) is 11.6 Å². The quantitative estimate of drug-likeness (QED) is 0.775. The summed E-state index contributed by atoms with van der Waals surface area (Å²) in [6, 6.07) is 3.00. The van der Waals surface area contributed by atoms with Crippen LogP contribution in [0, 0.1) is 0 Å². The van der Waals surface area contributed by atoms with E-state index < -0.39 is 5.97 Å². The van der Waals surface area contributed by atoms with Crippen LogP contribution in [0.15, 0.2) is 35.2 Å². The molecule has 0 spiro atoms. The predicted molar refractivity (Wildman–Crippen MR) is 46.7 cm³/mol. The van der Waals surface area contributed by atoms with E-state index in [1.54, 1.807) is 6.07 Å². The Kier molecular flexibility index (Phi) is 1.98. The van der Waals surface area contributed by atoms with Gasteiger partial charge in [-0.25, -0.2) is 9.78 Å². The van der Waals surface area contributed by atoms with Crippen molar-refractivity contribution in [1.82, 2.24) is 9.97 Å². The molecule has 2 rings (SSSR count). The summed E-state index contributed by atoms with van der Waals surface area (Å²) >= 11 is 0. The number of aromatic nitrogens is 2. The molecule has 2 aromatic rings. The summed E-state index contributed by atoms with van der Waals surface area (Å²) in [7, 11) is 0. The lowest BCUT2D eigenvalue weighted by atomic mass is 10.2. The van der Waals surface area contributed by atoms with Crippen molar-refractivity contribution < 1.29 is 14.3 Å². The van der Waals surface area contributed by atoms with E-state index in [4.69, 9.17) is 9.52 Å². The summed E-state index contributed by atoms with van der Waals surface area (Å²) in [6.07, 6.45) is 4.20. The van der Waals surface area contributed by atoms with Crippen molar-refractivity contribution >= 4 is 5.97 Å². The number of carboxylic acid groups (broad SMARTS) is 1. The van der Waals surface area contributed by atoms with Crippen LogP contribution in [0.5, 0.6) is 0 Å². The molecule has 0 aliphatic carbocycles. The number of aromatic carboxylic acids is 1. The van der Waals surface area contributed by atoms with Gasteiger partial charge in [0.15, 0.2) is 0 Å². The van der Waals surface area contributed by atoms with Gasteiger partial charge in [0.1, 0.15) is 12.0 Å². The van der Waals surface area contributed by atoms with Crippen LogP contribution in [0.25, 0.3) is 11.6 Å². The van der Waals surface area contributed by atoms with Crippen molar-refractivity contribution in [3.63, 3.8) is 0 Å². The predicted octanol–water partition coefficient (Wildman–Crippen LogP) is 1.43. The van der Waals surface area contributed by atoms with E-state index in [1.807, 2.05) is 0 Å². The third kappa shape index (κ3) is 1.47. The van der Waals surface area contributed by atoms with Crippen molar-refractivity contribution in [3.05, 3.63) is 36.4 Å². The zero-order valence-corrected chi connectivity index (χ0v) is 7.04. The molecule has 5 heteroatoms. The van der Waals surface area contributed by atoms with Crippen molar-refractivity contribution in [2.24, 2.45) is 0 Å². The summed E-state index contributed by atoms with van der Waals surface area (Å²) < 4.78 is 5.00. The first-order valence-corrected chi connectivity index (χ1v) is 3.86. The van der Waals surface area contributed by atoms with Crippen molar-refractivity contribution in [2.75, 3.05) is 0 Å². The highest BCUT2D eigenvalue weighted by molar-refractivity contribution is 5.87. The fourth-order valence-corrected chi connectivity index (χ4v) is 0.997. The topological polar surface area (TPSA) is 76.2 Å². The lowest BCUT2D eigenvalue weighted by molar-refractivity contribution is 0.0696. The molecule has 14 heavy (non-hydrogen) atoms. The molecule has 0 aliphatic rings. The van der Waals surface area contributed by atoms with Gasteiger partial charge in [-0.3, -0.25) is 4.98 Å². The number of rotatable bonds is 2. The minimum absolute atomic E-state index is 0.139. The molecule has 0 aromatic carbocycles. The fraction of sp³-hybridized carbons (Fsp3) is 0. The van der Waals surface area contributed by atoms with Crippen LogP contribution < -0.4 is 0 Å². The van der Waals surface area contributed by atoms with Crippen molar-refractivity contribution in [2.45, 2.75) is 0 Å². The fourth-order valence-electron chi connectivity index (χ4n) is 0.997. The maximum Gasteiger partial charge on any atom is 0.337 e. The molecule has 2 heterocycles. The van der Waals surface area contributed by atoms with E-state index >= 15 is 0 Å². The van der Waals surface area contributed by atoms with E-state index in [2.05, 4.69) is 9.97 Å². The number of nitrogens with zero attached hydrogens (tertiary/aromatic N) is 2. The van der Waals surface area contributed by atoms with E-state index in [-0.39, 0.29) is 5.56 Å². The van der Waals surface area contributed by atoms with Crippen LogP contribution in [0.2, 0.25) is 0 Å². The van der Waals surface area contributed by atoms with Crippen LogP contribution in [0.1, 0.15) is 10.4 Å². The molecule has 0 saturated heterocycles. The van der Waals surface area contributed by atoms with Gasteiger partial charge in [-0.1, -0.05) is 0 Å².